The summed E-state index contributed by atoms with van der Waals surface area (Å²) in [6, 6.07) is 2.19. The first-order valence-corrected chi connectivity index (χ1v) is 5.75. The van der Waals surface area contributed by atoms with E-state index in [-0.39, 0.29) is 5.97 Å². The number of rotatable bonds is 8. The summed E-state index contributed by atoms with van der Waals surface area (Å²) in [6.45, 7) is 4.58. The number of methoxy groups -OCH3 is 1. The molecule has 0 rings (SSSR count). The van der Waals surface area contributed by atoms with Gasteiger partial charge in [0.15, 0.2) is 0 Å². The lowest BCUT2D eigenvalue weighted by Crippen LogP contribution is -2.38. The van der Waals surface area contributed by atoms with Gasteiger partial charge in [-0.1, -0.05) is 12.8 Å². The van der Waals surface area contributed by atoms with E-state index >= 15 is 0 Å². The lowest BCUT2D eigenvalue weighted by molar-refractivity contribution is -0.140. The number of carbonyl (C=O) groups excluding carboxylic acids is 1. The Bertz CT molecular complexity index is 244. The number of nitrogens with zero attached hydrogens (tertiary/aromatic N) is 1. The predicted octanol–water partition coefficient (Wildman–Crippen LogP) is 2.00. The van der Waals surface area contributed by atoms with E-state index < -0.39 is 5.54 Å². The minimum Gasteiger partial charge on any atom is -0.469 e. The molecule has 4 heteroatoms. The Balaban J connectivity index is 3.29. The van der Waals surface area contributed by atoms with E-state index in [1.807, 2.05) is 13.8 Å². The first kappa shape index (κ1) is 14.9. The van der Waals surface area contributed by atoms with Crippen molar-refractivity contribution in [1.29, 1.82) is 5.26 Å². The lowest BCUT2D eigenvalue weighted by atomic mass is 10.1. The van der Waals surface area contributed by atoms with Crippen LogP contribution in [-0.2, 0) is 9.53 Å². The van der Waals surface area contributed by atoms with Crippen LogP contribution >= 0.6 is 0 Å². The highest BCUT2D eigenvalue weighted by Crippen LogP contribution is 2.05. The molecule has 0 aromatic heterocycles. The van der Waals surface area contributed by atoms with Crippen molar-refractivity contribution in [3.05, 3.63) is 0 Å². The molecule has 0 aliphatic heterocycles. The van der Waals surface area contributed by atoms with Crippen LogP contribution in [0, 0.1) is 11.3 Å². The van der Waals surface area contributed by atoms with Crippen molar-refractivity contribution in [1.82, 2.24) is 5.32 Å². The van der Waals surface area contributed by atoms with Crippen LogP contribution in [0.5, 0.6) is 0 Å². The molecule has 0 heterocycles. The van der Waals surface area contributed by atoms with Gasteiger partial charge in [0.1, 0.15) is 5.54 Å². The smallest absolute Gasteiger partial charge is 0.305 e. The minimum atomic E-state index is -0.438. The number of nitrogens with one attached hydrogen (secondary N) is 1. The molecule has 0 spiro atoms. The maximum Gasteiger partial charge on any atom is 0.305 e. The van der Waals surface area contributed by atoms with Gasteiger partial charge in [-0.3, -0.25) is 10.1 Å². The average Bonchev–Trinajstić information content (AvgIpc) is 2.27. The maximum atomic E-state index is 10.8. The third kappa shape index (κ3) is 8.25. The Morgan fingerprint density at radius 1 is 1.31 bits per heavy atom. The molecular weight excluding hydrogens is 204 g/mol. The van der Waals surface area contributed by atoms with Gasteiger partial charge in [-0.25, -0.2) is 0 Å². The van der Waals surface area contributed by atoms with Crippen LogP contribution in [0.2, 0.25) is 0 Å². The summed E-state index contributed by atoms with van der Waals surface area (Å²) < 4.78 is 4.55. The fraction of sp³-hybridized carbons (Fsp3) is 0.833. The van der Waals surface area contributed by atoms with Gasteiger partial charge in [0, 0.05) is 6.42 Å². The summed E-state index contributed by atoms with van der Waals surface area (Å²) in [5, 5.41) is 11.9. The summed E-state index contributed by atoms with van der Waals surface area (Å²) in [5.74, 6) is -0.135. The van der Waals surface area contributed by atoms with Crippen LogP contribution in [0.25, 0.3) is 0 Å². The molecule has 0 aliphatic carbocycles. The fourth-order valence-corrected chi connectivity index (χ4v) is 1.29. The van der Waals surface area contributed by atoms with E-state index in [0.29, 0.717) is 6.42 Å². The standard InChI is InChI=1S/C12H22N2O2/c1-12(2,10-13)14-9-7-5-4-6-8-11(15)16-3/h14H,4-9H2,1-3H3. The largest absolute Gasteiger partial charge is 0.469 e. The van der Waals surface area contributed by atoms with E-state index in [0.717, 1.165) is 32.2 Å². The number of hydrogen-bond donors (Lipinski definition) is 1. The van der Waals surface area contributed by atoms with Gasteiger partial charge in [-0.15, -0.1) is 0 Å². The normalized spacial score (nSPS) is 10.9. The monoisotopic (exact) mass is 226 g/mol. The third-order valence-corrected chi connectivity index (χ3v) is 2.38. The van der Waals surface area contributed by atoms with Crippen LogP contribution < -0.4 is 5.32 Å². The number of ether oxygens (including phenoxy) is 1. The molecule has 0 fully saturated rings. The van der Waals surface area contributed by atoms with E-state index in [1.54, 1.807) is 0 Å². The van der Waals surface area contributed by atoms with Crippen LogP contribution in [0.4, 0.5) is 0 Å². The molecule has 92 valence electrons. The first-order valence-electron chi connectivity index (χ1n) is 5.75. The average molecular weight is 226 g/mol. The van der Waals surface area contributed by atoms with Crippen LogP contribution in [0.15, 0.2) is 0 Å². The highest BCUT2D eigenvalue weighted by Gasteiger charge is 2.13. The van der Waals surface area contributed by atoms with Crippen LogP contribution in [-0.4, -0.2) is 25.2 Å². The number of carbonyl (C=O) groups is 1. The Kier molecular flexibility index (Phi) is 7.57. The van der Waals surface area contributed by atoms with Crippen molar-refractivity contribution in [2.24, 2.45) is 0 Å². The second kappa shape index (κ2) is 8.12. The quantitative estimate of drug-likeness (QED) is 0.508. The molecule has 0 aromatic carbocycles. The summed E-state index contributed by atoms with van der Waals surface area (Å²) in [6.07, 6.45) is 4.53. The van der Waals surface area contributed by atoms with Crippen LogP contribution in [0.1, 0.15) is 46.0 Å². The molecule has 1 N–H and O–H groups in total. The highest BCUT2D eigenvalue weighted by molar-refractivity contribution is 5.68. The molecule has 0 saturated carbocycles. The molecule has 0 amide bonds. The first-order chi connectivity index (χ1) is 7.52. The zero-order chi connectivity index (χ0) is 12.4. The van der Waals surface area contributed by atoms with Crippen molar-refractivity contribution in [2.75, 3.05) is 13.7 Å². The minimum absolute atomic E-state index is 0.135. The molecule has 0 aromatic rings. The summed E-state index contributed by atoms with van der Waals surface area (Å²) in [4.78, 5) is 10.8. The van der Waals surface area contributed by atoms with Gasteiger partial charge in [0.25, 0.3) is 0 Å². The molecular formula is C12H22N2O2. The predicted molar refractivity (Wildman–Crippen MR) is 62.8 cm³/mol. The molecule has 0 unspecified atom stereocenters. The molecule has 0 aliphatic rings. The zero-order valence-electron chi connectivity index (χ0n) is 10.5. The number of esters is 1. The van der Waals surface area contributed by atoms with Gasteiger partial charge in [-0.2, -0.15) is 5.26 Å². The summed E-state index contributed by atoms with van der Waals surface area (Å²) in [7, 11) is 1.41. The van der Waals surface area contributed by atoms with Gasteiger partial charge in [0.05, 0.1) is 13.2 Å². The van der Waals surface area contributed by atoms with Crippen molar-refractivity contribution >= 4 is 5.97 Å². The number of nitriles is 1. The van der Waals surface area contributed by atoms with Crippen molar-refractivity contribution in [2.45, 2.75) is 51.5 Å². The van der Waals surface area contributed by atoms with Crippen molar-refractivity contribution in [3.63, 3.8) is 0 Å². The number of unbranched alkanes of at least 4 members (excludes halogenated alkanes) is 3. The molecule has 0 radical (unpaired) electrons. The Morgan fingerprint density at radius 2 is 1.94 bits per heavy atom. The number of hydrogen-bond acceptors (Lipinski definition) is 4. The summed E-state index contributed by atoms with van der Waals surface area (Å²) in [5.41, 5.74) is -0.438. The zero-order valence-corrected chi connectivity index (χ0v) is 10.5. The van der Waals surface area contributed by atoms with E-state index in [2.05, 4.69) is 16.1 Å². The Hall–Kier alpha value is -1.08. The molecule has 4 nitrogen and oxygen atoms in total. The third-order valence-electron chi connectivity index (χ3n) is 2.38. The topological polar surface area (TPSA) is 62.1 Å². The highest BCUT2D eigenvalue weighted by atomic mass is 16.5. The van der Waals surface area contributed by atoms with E-state index in [9.17, 15) is 4.79 Å². The van der Waals surface area contributed by atoms with Crippen LogP contribution in [0.3, 0.4) is 0 Å². The molecule has 0 atom stereocenters. The van der Waals surface area contributed by atoms with Gasteiger partial charge in [-0.05, 0) is 33.2 Å². The Labute approximate surface area is 98.0 Å². The second-order valence-corrected chi connectivity index (χ2v) is 4.40. The van der Waals surface area contributed by atoms with E-state index in [1.165, 1.54) is 7.11 Å². The van der Waals surface area contributed by atoms with Gasteiger partial charge >= 0.3 is 5.97 Å². The molecule has 16 heavy (non-hydrogen) atoms. The SMILES string of the molecule is COC(=O)CCCCCCNC(C)(C)C#N. The lowest BCUT2D eigenvalue weighted by Gasteiger charge is -2.16. The second-order valence-electron chi connectivity index (χ2n) is 4.40. The van der Waals surface area contributed by atoms with E-state index in [4.69, 9.17) is 5.26 Å². The van der Waals surface area contributed by atoms with Gasteiger partial charge < -0.3 is 4.74 Å². The maximum absolute atomic E-state index is 10.8. The van der Waals surface area contributed by atoms with Gasteiger partial charge in [0.2, 0.25) is 0 Å². The molecule has 0 bridgehead atoms. The van der Waals surface area contributed by atoms with Crippen molar-refractivity contribution < 1.29 is 9.53 Å². The Morgan fingerprint density at radius 3 is 2.50 bits per heavy atom. The molecule has 0 saturated heterocycles. The fourth-order valence-electron chi connectivity index (χ4n) is 1.29. The van der Waals surface area contributed by atoms with Crippen molar-refractivity contribution in [3.8, 4) is 6.07 Å². The summed E-state index contributed by atoms with van der Waals surface area (Å²) >= 11 is 0.